The second kappa shape index (κ2) is 9.26. The van der Waals surface area contributed by atoms with Gasteiger partial charge in [-0.15, -0.1) is 0 Å². The zero-order chi connectivity index (χ0) is 15.2. The Balaban J connectivity index is 0.00000242. The number of hydrogen-bond donors (Lipinski definition) is 0. The van der Waals surface area contributed by atoms with Gasteiger partial charge in [0, 0.05) is 0 Å². The van der Waals surface area contributed by atoms with Gasteiger partial charge in [0.25, 0.3) is 0 Å². The molecule has 0 aliphatic rings. The maximum absolute atomic E-state index is 5.41. The molecule has 0 saturated heterocycles. The van der Waals surface area contributed by atoms with Crippen molar-refractivity contribution in [3.8, 4) is 23.0 Å². The van der Waals surface area contributed by atoms with Crippen molar-refractivity contribution in [2.45, 2.75) is 0 Å². The normalized spacial score (nSPS) is 9.64. The first-order chi connectivity index (χ1) is 10.2. The van der Waals surface area contributed by atoms with Crippen LogP contribution in [0.4, 0.5) is 0 Å². The molecule has 0 heterocycles. The van der Waals surface area contributed by atoms with Crippen LogP contribution >= 0.6 is 8.58 Å². The minimum Gasteiger partial charge on any atom is -0.499 e. The van der Waals surface area contributed by atoms with Gasteiger partial charge in [-0.1, -0.05) is 0 Å². The summed E-state index contributed by atoms with van der Waals surface area (Å²) in [5, 5.41) is 2.01. The van der Waals surface area contributed by atoms with E-state index in [1.54, 1.807) is 28.4 Å². The molecule has 2 aromatic rings. The molecule has 2 aromatic carbocycles. The van der Waals surface area contributed by atoms with Gasteiger partial charge < -0.3 is 27.5 Å². The summed E-state index contributed by atoms with van der Waals surface area (Å²) in [6.07, 6.45) is 0. The standard InChI is InChI=1S/C16H18O4P.Na/c1-17-11-5-7-13(19-3)15(9-11)21-16-10-12(18-2)6-8-14(16)20-4;/h5-10H,1-4H3;/q-1;+1. The predicted molar refractivity (Wildman–Crippen MR) is 85.3 cm³/mol. The Bertz CT molecular complexity index is 566. The van der Waals surface area contributed by atoms with Crippen LogP contribution in [0.2, 0.25) is 0 Å². The van der Waals surface area contributed by atoms with E-state index in [9.17, 15) is 0 Å². The van der Waals surface area contributed by atoms with E-state index in [1.807, 2.05) is 36.4 Å². The van der Waals surface area contributed by atoms with Crippen molar-refractivity contribution in [3.05, 3.63) is 36.4 Å². The minimum atomic E-state index is 0. The van der Waals surface area contributed by atoms with Crippen LogP contribution in [0.25, 0.3) is 0 Å². The SMILES string of the molecule is COc1ccc(OC)c([P-]c2cc(OC)ccc2OC)c1.[Na+]. The van der Waals surface area contributed by atoms with Gasteiger partial charge in [0.2, 0.25) is 0 Å². The Hall–Kier alpha value is -0.930. The number of benzene rings is 2. The van der Waals surface area contributed by atoms with E-state index in [0.717, 1.165) is 42.2 Å². The van der Waals surface area contributed by atoms with Crippen molar-refractivity contribution < 1.29 is 48.5 Å². The van der Waals surface area contributed by atoms with E-state index in [2.05, 4.69) is 0 Å². The minimum absolute atomic E-state index is 0. The maximum atomic E-state index is 5.41. The van der Waals surface area contributed by atoms with Crippen molar-refractivity contribution in [1.29, 1.82) is 0 Å². The van der Waals surface area contributed by atoms with Gasteiger partial charge >= 0.3 is 29.6 Å². The molecule has 22 heavy (non-hydrogen) atoms. The fraction of sp³-hybridized carbons (Fsp3) is 0.250. The number of methoxy groups -OCH3 is 4. The van der Waals surface area contributed by atoms with E-state index >= 15 is 0 Å². The van der Waals surface area contributed by atoms with Crippen molar-refractivity contribution in [2.24, 2.45) is 0 Å². The van der Waals surface area contributed by atoms with E-state index in [1.165, 1.54) is 0 Å². The summed E-state index contributed by atoms with van der Waals surface area (Å²) >= 11 is 0. The molecule has 0 saturated carbocycles. The molecule has 0 spiro atoms. The first-order valence-electron chi connectivity index (χ1n) is 6.37. The van der Waals surface area contributed by atoms with Crippen LogP contribution in [-0.2, 0) is 0 Å². The Morgan fingerprint density at radius 1 is 0.636 bits per heavy atom. The van der Waals surface area contributed by atoms with Crippen molar-refractivity contribution in [3.63, 3.8) is 0 Å². The van der Waals surface area contributed by atoms with Gasteiger partial charge in [-0.05, 0) is 36.4 Å². The first-order valence-corrected chi connectivity index (χ1v) is 7.27. The molecule has 112 valence electrons. The average Bonchev–Trinajstić information content (AvgIpc) is 2.54. The molecule has 0 atom stereocenters. The Labute approximate surface area is 155 Å². The molecular formula is C16H18NaO4P. The topological polar surface area (TPSA) is 36.9 Å². The van der Waals surface area contributed by atoms with Crippen LogP contribution < -0.4 is 59.1 Å². The molecule has 0 amide bonds. The molecule has 6 heteroatoms. The monoisotopic (exact) mass is 328 g/mol. The Morgan fingerprint density at radius 3 is 1.36 bits per heavy atom. The Kier molecular flexibility index (Phi) is 8.05. The van der Waals surface area contributed by atoms with Crippen LogP contribution in [0.1, 0.15) is 0 Å². The molecule has 0 N–H and O–H groups in total. The average molecular weight is 328 g/mol. The van der Waals surface area contributed by atoms with E-state index in [0.29, 0.717) is 0 Å². The third-order valence-electron chi connectivity index (χ3n) is 3.01. The van der Waals surface area contributed by atoms with Crippen LogP contribution in [0, 0.1) is 0 Å². The molecule has 0 unspecified atom stereocenters. The fourth-order valence-corrected chi connectivity index (χ4v) is 3.09. The predicted octanol–water partition coefficient (Wildman–Crippen LogP) is -0.378. The van der Waals surface area contributed by atoms with E-state index in [4.69, 9.17) is 18.9 Å². The van der Waals surface area contributed by atoms with Gasteiger partial charge in [0.15, 0.2) is 0 Å². The summed E-state index contributed by atoms with van der Waals surface area (Å²) in [6.45, 7) is 0. The zero-order valence-corrected chi connectivity index (χ0v) is 16.4. The summed E-state index contributed by atoms with van der Waals surface area (Å²) in [7, 11) is 7.57. The van der Waals surface area contributed by atoms with E-state index in [-0.39, 0.29) is 29.6 Å². The number of hydrogen-bond acceptors (Lipinski definition) is 4. The molecule has 2 rings (SSSR count). The number of rotatable bonds is 6. The van der Waals surface area contributed by atoms with Gasteiger partial charge in [-0.25, -0.2) is 0 Å². The van der Waals surface area contributed by atoms with Crippen molar-refractivity contribution in [2.75, 3.05) is 28.4 Å². The molecule has 0 aliphatic carbocycles. The third-order valence-corrected chi connectivity index (χ3v) is 4.19. The molecule has 0 radical (unpaired) electrons. The summed E-state index contributed by atoms with van der Waals surface area (Å²) in [5.41, 5.74) is 0. The van der Waals surface area contributed by atoms with Crippen LogP contribution in [0.3, 0.4) is 0 Å². The summed E-state index contributed by atoms with van der Waals surface area (Å²) < 4.78 is 21.4. The molecule has 0 fully saturated rings. The second-order valence-corrected chi connectivity index (χ2v) is 5.37. The molecule has 4 nitrogen and oxygen atoms in total. The summed E-state index contributed by atoms with van der Waals surface area (Å²) in [6, 6.07) is 11.5. The van der Waals surface area contributed by atoms with Gasteiger partial charge in [0.1, 0.15) is 11.5 Å². The van der Waals surface area contributed by atoms with Crippen LogP contribution in [0.15, 0.2) is 36.4 Å². The maximum Gasteiger partial charge on any atom is 1.00 e. The third kappa shape index (κ3) is 4.53. The summed E-state index contributed by atoms with van der Waals surface area (Å²) in [5.74, 6) is 3.20. The van der Waals surface area contributed by atoms with Crippen molar-refractivity contribution >= 4 is 19.2 Å². The quantitative estimate of drug-likeness (QED) is 0.535. The van der Waals surface area contributed by atoms with Gasteiger partial charge in [-0.3, -0.25) is 0 Å². The first kappa shape index (κ1) is 19.1. The molecule has 0 aromatic heterocycles. The van der Waals surface area contributed by atoms with Crippen molar-refractivity contribution in [1.82, 2.24) is 0 Å². The fourth-order valence-electron chi connectivity index (χ4n) is 1.90. The molecule has 0 aliphatic heterocycles. The summed E-state index contributed by atoms with van der Waals surface area (Å²) in [4.78, 5) is 0. The van der Waals surface area contributed by atoms with Crippen LogP contribution in [-0.4, -0.2) is 28.4 Å². The van der Waals surface area contributed by atoms with Crippen LogP contribution in [0.5, 0.6) is 23.0 Å². The molecular weight excluding hydrogens is 310 g/mol. The number of ether oxygens (including phenoxy) is 4. The second-order valence-electron chi connectivity index (χ2n) is 4.19. The van der Waals surface area contributed by atoms with E-state index < -0.39 is 0 Å². The van der Waals surface area contributed by atoms with Gasteiger partial charge in [-0.2, -0.15) is 10.6 Å². The zero-order valence-electron chi connectivity index (χ0n) is 13.5. The Morgan fingerprint density at radius 2 is 1.05 bits per heavy atom. The van der Waals surface area contributed by atoms with Gasteiger partial charge in [0.05, 0.1) is 39.9 Å². The molecule has 0 bridgehead atoms. The smallest absolute Gasteiger partial charge is 0.499 e. The largest absolute Gasteiger partial charge is 1.00 e.